The quantitative estimate of drug-likeness (QED) is 0.622. The minimum absolute atomic E-state index is 0.109. The van der Waals surface area contributed by atoms with Gasteiger partial charge >= 0.3 is 0 Å². The molecule has 1 aromatic rings. The molecule has 0 heterocycles. The van der Waals surface area contributed by atoms with Crippen LogP contribution < -0.4 is 4.74 Å². The zero-order chi connectivity index (χ0) is 10.7. The van der Waals surface area contributed by atoms with Crippen molar-refractivity contribution in [2.24, 2.45) is 0 Å². The molecule has 1 aromatic carbocycles. The summed E-state index contributed by atoms with van der Waals surface area (Å²) >= 11 is 2.00. The minimum atomic E-state index is -0.109. The van der Waals surface area contributed by atoms with Gasteiger partial charge in [0.1, 0.15) is 11.8 Å². The second-order valence-electron chi connectivity index (χ2n) is 2.67. The maximum Gasteiger partial charge on any atom is 0.161 e. The van der Waals surface area contributed by atoms with Crippen molar-refractivity contribution in [2.75, 3.05) is 7.11 Å². The van der Waals surface area contributed by atoms with E-state index in [1.807, 2.05) is 28.7 Å². The van der Waals surface area contributed by atoms with Gasteiger partial charge in [-0.3, -0.25) is 4.79 Å². The largest absolute Gasteiger partial charge is 0.496 e. The highest BCUT2D eigenvalue weighted by molar-refractivity contribution is 14.1. The molecule has 0 radical (unpaired) electrons. The number of ketones is 1. The molecule has 1 rings (SSSR count). The lowest BCUT2D eigenvalue weighted by Crippen LogP contribution is -2.00. The third-order valence-electron chi connectivity index (χ3n) is 1.82. The predicted octanol–water partition coefficient (Wildman–Crippen LogP) is 2.37. The van der Waals surface area contributed by atoms with E-state index in [0.717, 1.165) is 0 Å². The average molecular weight is 301 g/mol. The van der Waals surface area contributed by atoms with Gasteiger partial charge in [-0.1, -0.05) is 0 Å². The Morgan fingerprint density at radius 3 is 2.64 bits per heavy atom. The molecule has 0 aliphatic carbocycles. The predicted molar refractivity (Wildman–Crippen MR) is 60.4 cm³/mol. The third-order valence-corrected chi connectivity index (χ3v) is 2.89. The van der Waals surface area contributed by atoms with Crippen molar-refractivity contribution >= 4 is 28.4 Å². The van der Waals surface area contributed by atoms with Crippen LogP contribution in [-0.2, 0) is 0 Å². The average Bonchev–Trinajstić information content (AvgIpc) is 2.17. The zero-order valence-corrected chi connectivity index (χ0v) is 9.95. The number of rotatable bonds is 2. The van der Waals surface area contributed by atoms with Gasteiger partial charge in [0.05, 0.1) is 16.2 Å². The number of hydrogen-bond acceptors (Lipinski definition) is 3. The van der Waals surface area contributed by atoms with E-state index in [0.29, 0.717) is 20.4 Å². The van der Waals surface area contributed by atoms with Crippen LogP contribution in [0.25, 0.3) is 0 Å². The molecule has 0 aliphatic rings. The van der Waals surface area contributed by atoms with Gasteiger partial charge in [-0.15, -0.1) is 0 Å². The fourth-order valence-electron chi connectivity index (χ4n) is 1.12. The Morgan fingerprint density at radius 1 is 1.57 bits per heavy atom. The molecule has 0 bridgehead atoms. The first kappa shape index (κ1) is 11.0. The highest BCUT2D eigenvalue weighted by Crippen LogP contribution is 2.26. The smallest absolute Gasteiger partial charge is 0.161 e. The molecule has 0 saturated heterocycles. The molecular formula is C10H8INO2. The lowest BCUT2D eigenvalue weighted by Gasteiger charge is -2.07. The van der Waals surface area contributed by atoms with Crippen molar-refractivity contribution in [1.29, 1.82) is 5.26 Å². The lowest BCUT2D eigenvalue weighted by molar-refractivity contribution is 0.101. The number of benzene rings is 1. The fraction of sp³-hybridized carbons (Fsp3) is 0.200. The van der Waals surface area contributed by atoms with Gasteiger partial charge in [0.25, 0.3) is 0 Å². The van der Waals surface area contributed by atoms with Crippen LogP contribution in [-0.4, -0.2) is 12.9 Å². The van der Waals surface area contributed by atoms with Gasteiger partial charge in [-0.2, -0.15) is 5.26 Å². The summed E-state index contributed by atoms with van der Waals surface area (Å²) in [6, 6.07) is 5.32. The standard InChI is InChI=1S/C10H8INO2/c1-6(13)7-3-4-9(14-2)10(11)8(7)5-12/h3-4H,1-2H3. The monoisotopic (exact) mass is 301 g/mol. The van der Waals surface area contributed by atoms with Crippen molar-refractivity contribution < 1.29 is 9.53 Å². The first-order valence-corrected chi connectivity index (χ1v) is 4.97. The SMILES string of the molecule is COc1ccc(C(C)=O)c(C#N)c1I. The molecule has 0 spiro atoms. The maximum atomic E-state index is 11.2. The third kappa shape index (κ3) is 1.87. The number of nitriles is 1. The van der Waals surface area contributed by atoms with Crippen molar-refractivity contribution in [1.82, 2.24) is 0 Å². The van der Waals surface area contributed by atoms with Gasteiger partial charge in [-0.25, -0.2) is 0 Å². The fourth-order valence-corrected chi connectivity index (χ4v) is 1.93. The summed E-state index contributed by atoms with van der Waals surface area (Å²) in [7, 11) is 1.53. The summed E-state index contributed by atoms with van der Waals surface area (Å²) in [4.78, 5) is 11.2. The lowest BCUT2D eigenvalue weighted by atomic mass is 10.1. The van der Waals surface area contributed by atoms with Gasteiger partial charge in [0.2, 0.25) is 0 Å². The summed E-state index contributed by atoms with van der Waals surface area (Å²) in [5.41, 5.74) is 0.829. The van der Waals surface area contributed by atoms with E-state index < -0.39 is 0 Å². The second kappa shape index (κ2) is 4.42. The number of halogens is 1. The Balaban J connectivity index is 3.45. The second-order valence-corrected chi connectivity index (χ2v) is 3.75. The highest BCUT2D eigenvalue weighted by Gasteiger charge is 2.13. The van der Waals surface area contributed by atoms with Crippen LogP contribution in [0.2, 0.25) is 0 Å². The van der Waals surface area contributed by atoms with Gasteiger partial charge in [0.15, 0.2) is 5.78 Å². The topological polar surface area (TPSA) is 50.1 Å². The first-order chi connectivity index (χ1) is 6.61. The Labute approximate surface area is 95.8 Å². The summed E-state index contributed by atoms with van der Waals surface area (Å²) in [6.45, 7) is 1.44. The Kier molecular flexibility index (Phi) is 3.47. The summed E-state index contributed by atoms with van der Waals surface area (Å²) in [6.07, 6.45) is 0. The maximum absolute atomic E-state index is 11.2. The molecule has 0 atom stereocenters. The molecular weight excluding hydrogens is 293 g/mol. The van der Waals surface area contributed by atoms with Crippen LogP contribution >= 0.6 is 22.6 Å². The summed E-state index contributed by atoms with van der Waals surface area (Å²) < 4.78 is 5.73. The van der Waals surface area contributed by atoms with Crippen LogP contribution in [0, 0.1) is 14.9 Å². The van der Waals surface area contributed by atoms with Crippen LogP contribution in [0.15, 0.2) is 12.1 Å². The normalized spacial score (nSPS) is 9.29. The van der Waals surface area contributed by atoms with Crippen molar-refractivity contribution in [2.45, 2.75) is 6.92 Å². The van der Waals surface area contributed by atoms with E-state index >= 15 is 0 Å². The van der Waals surface area contributed by atoms with E-state index in [2.05, 4.69) is 0 Å². The molecule has 0 amide bonds. The number of ether oxygens (including phenoxy) is 1. The Morgan fingerprint density at radius 2 is 2.21 bits per heavy atom. The van der Waals surface area contributed by atoms with E-state index in [9.17, 15) is 4.79 Å². The number of hydrogen-bond donors (Lipinski definition) is 0. The Hall–Kier alpha value is -1.09. The van der Waals surface area contributed by atoms with Gasteiger partial charge in [-0.05, 0) is 41.6 Å². The number of carbonyl (C=O) groups is 1. The molecule has 0 aromatic heterocycles. The van der Waals surface area contributed by atoms with Crippen LogP contribution in [0.1, 0.15) is 22.8 Å². The van der Waals surface area contributed by atoms with Gasteiger partial charge in [0, 0.05) is 5.56 Å². The van der Waals surface area contributed by atoms with Crippen molar-refractivity contribution in [3.8, 4) is 11.8 Å². The zero-order valence-electron chi connectivity index (χ0n) is 7.80. The van der Waals surface area contributed by atoms with Gasteiger partial charge < -0.3 is 4.74 Å². The van der Waals surface area contributed by atoms with E-state index in [1.165, 1.54) is 14.0 Å². The van der Waals surface area contributed by atoms with Crippen LogP contribution in [0.5, 0.6) is 5.75 Å². The highest BCUT2D eigenvalue weighted by atomic mass is 127. The van der Waals surface area contributed by atoms with Crippen molar-refractivity contribution in [3.05, 3.63) is 26.8 Å². The molecule has 0 N–H and O–H groups in total. The molecule has 72 valence electrons. The number of nitrogens with zero attached hydrogens (tertiary/aromatic N) is 1. The molecule has 4 heteroatoms. The number of carbonyl (C=O) groups excluding carboxylic acids is 1. The number of methoxy groups -OCH3 is 1. The Bertz CT molecular complexity index is 421. The molecule has 14 heavy (non-hydrogen) atoms. The van der Waals surface area contributed by atoms with E-state index in [1.54, 1.807) is 12.1 Å². The summed E-state index contributed by atoms with van der Waals surface area (Å²) in [5, 5.41) is 8.91. The van der Waals surface area contributed by atoms with E-state index in [-0.39, 0.29) is 5.78 Å². The minimum Gasteiger partial charge on any atom is -0.496 e. The molecule has 0 fully saturated rings. The molecule has 3 nitrogen and oxygen atoms in total. The van der Waals surface area contributed by atoms with Crippen LogP contribution in [0.3, 0.4) is 0 Å². The van der Waals surface area contributed by atoms with Crippen LogP contribution in [0.4, 0.5) is 0 Å². The molecule has 0 saturated carbocycles. The molecule has 0 unspecified atom stereocenters. The first-order valence-electron chi connectivity index (χ1n) is 3.89. The van der Waals surface area contributed by atoms with Crippen molar-refractivity contribution in [3.63, 3.8) is 0 Å². The summed E-state index contributed by atoms with van der Waals surface area (Å²) in [5.74, 6) is 0.509. The number of Topliss-reactive ketones (excluding diaryl/α,β-unsaturated/α-hetero) is 1. The van der Waals surface area contributed by atoms with E-state index in [4.69, 9.17) is 10.00 Å². The molecule has 0 aliphatic heterocycles.